The van der Waals surface area contributed by atoms with Crippen LogP contribution in [0.2, 0.25) is 0 Å². The Kier molecular flexibility index (Phi) is 12.1. The van der Waals surface area contributed by atoms with E-state index in [0.717, 1.165) is 0 Å². The Morgan fingerprint density at radius 3 is 2.37 bits per heavy atom. The predicted octanol–water partition coefficient (Wildman–Crippen LogP) is -0.675. The van der Waals surface area contributed by atoms with Crippen molar-refractivity contribution in [1.29, 1.82) is 0 Å². The predicted molar refractivity (Wildman–Crippen MR) is 107 cm³/mol. The Hall–Kier alpha value is -0.337. The zero-order valence-corrected chi connectivity index (χ0v) is 21.4. The molecule has 0 bridgehead atoms. The van der Waals surface area contributed by atoms with E-state index in [9.17, 15) is 0 Å². The molecule has 0 saturated carbocycles. The molecule has 5 heteroatoms. The van der Waals surface area contributed by atoms with Gasteiger partial charge in [-0.05, 0) is 13.2 Å². The van der Waals surface area contributed by atoms with E-state index in [1.54, 1.807) is 36.0 Å². The molecule has 4 aliphatic rings. The monoisotopic (exact) mass is 495 g/mol. The average molecular weight is 498 g/mol. The number of thioether (sulfide) groups is 1. The summed E-state index contributed by atoms with van der Waals surface area (Å²) in [7, 11) is 2.11. The van der Waals surface area contributed by atoms with Crippen LogP contribution in [-0.4, -0.2) is 21.4 Å². The Bertz CT molecular complexity index is 778. The zero-order valence-electron chi connectivity index (χ0n) is 16.7. The van der Waals surface area contributed by atoms with E-state index in [4.69, 9.17) is 0 Å². The van der Waals surface area contributed by atoms with Crippen molar-refractivity contribution in [3.8, 4) is 0 Å². The van der Waals surface area contributed by atoms with E-state index in [1.807, 2.05) is 6.08 Å². The molecule has 144 valence electrons. The Balaban J connectivity index is 0.000000397. The second-order valence-electron chi connectivity index (χ2n) is 6.45. The summed E-state index contributed by atoms with van der Waals surface area (Å²) in [4.78, 5) is 3.56. The summed E-state index contributed by atoms with van der Waals surface area (Å²) in [5, 5.41) is 0. The molecule has 0 saturated heterocycles. The minimum absolute atomic E-state index is 0. The van der Waals surface area contributed by atoms with E-state index in [0.29, 0.717) is 5.92 Å². The molecule has 3 aliphatic carbocycles. The van der Waals surface area contributed by atoms with Gasteiger partial charge >= 0.3 is 41.3 Å². The van der Waals surface area contributed by atoms with Crippen LogP contribution in [0.25, 0.3) is 0 Å². The van der Waals surface area contributed by atoms with Crippen molar-refractivity contribution in [2.45, 2.75) is 27.7 Å². The van der Waals surface area contributed by atoms with E-state index >= 15 is 0 Å². The van der Waals surface area contributed by atoms with Gasteiger partial charge in [0.05, 0.1) is 0 Å². The first-order chi connectivity index (χ1) is 11.8. The van der Waals surface area contributed by atoms with Crippen molar-refractivity contribution < 1.29 is 49.0 Å². The minimum Gasteiger partial charge on any atom is -1.00 e. The van der Waals surface area contributed by atoms with Gasteiger partial charge in [-0.2, -0.15) is 30.0 Å². The van der Waals surface area contributed by atoms with Gasteiger partial charge in [0.1, 0.15) is 0 Å². The maximum atomic E-state index is 3.38. The third-order valence-corrected chi connectivity index (χ3v) is 4.83. The number of hydrogen-bond donors (Lipinski definition) is 0. The molecule has 0 radical (unpaired) electrons. The van der Waals surface area contributed by atoms with Gasteiger partial charge in [-0.25, -0.2) is 5.57 Å². The quantitative estimate of drug-likeness (QED) is 0.442. The normalized spacial score (nSPS) is 20.0. The number of rotatable bonds is 1. The smallest absolute Gasteiger partial charge is 1.00 e. The van der Waals surface area contributed by atoms with Gasteiger partial charge in [-0.3, -0.25) is 6.08 Å². The number of nitrogens with zero attached hydrogens (tertiary/aromatic N) is 1. The fourth-order valence-corrected chi connectivity index (χ4v) is 3.40. The summed E-state index contributed by atoms with van der Waals surface area (Å²) in [6, 6.07) is 0. The number of halogens is 2. The van der Waals surface area contributed by atoms with Crippen LogP contribution in [0, 0.1) is 18.1 Å². The molecule has 1 aliphatic heterocycles. The molecule has 0 aromatic rings. The molecule has 0 aromatic heterocycles. The number of fused-ring (bicyclic) bond motifs is 2. The fourth-order valence-electron chi connectivity index (χ4n) is 2.81. The third-order valence-electron chi connectivity index (χ3n) is 4.05. The molecule has 1 unspecified atom stereocenters. The summed E-state index contributed by atoms with van der Waals surface area (Å²) in [6.45, 7) is 8.48. The maximum Gasteiger partial charge on any atom is -1.00 e. The molecule has 0 N–H and O–H groups in total. The first-order valence-corrected chi connectivity index (χ1v) is 10.8. The summed E-state index contributed by atoms with van der Waals surface area (Å²) < 4.78 is 1.51. The Morgan fingerprint density at radius 1 is 1.19 bits per heavy atom. The van der Waals surface area contributed by atoms with Crippen LogP contribution in [0.5, 0.6) is 0 Å². The van der Waals surface area contributed by atoms with Crippen molar-refractivity contribution in [2.24, 2.45) is 5.92 Å². The summed E-state index contributed by atoms with van der Waals surface area (Å²) in [6.07, 6.45) is 21.5. The number of hydrogen-bond acceptors (Lipinski definition) is 2. The second-order valence-corrected chi connectivity index (χ2v) is 9.76. The molecular weight excluding hydrogens is 472 g/mol. The summed E-state index contributed by atoms with van der Waals surface area (Å²) in [5.74, 6) is 0.444. The van der Waals surface area contributed by atoms with Crippen molar-refractivity contribution >= 4 is 15.0 Å². The van der Waals surface area contributed by atoms with Crippen molar-refractivity contribution in [3.63, 3.8) is 0 Å². The topological polar surface area (TPSA) is 3.24 Å². The average Bonchev–Trinajstić information content (AvgIpc) is 3.25. The third kappa shape index (κ3) is 7.20. The summed E-state index contributed by atoms with van der Waals surface area (Å²) in [5.41, 5.74) is 6.55. The SMILES string of the molecule is CC1=[C-]C2C=C(C)N(C)C2=C1.CSC1=CC=C2C=C[C-]=C21.C[C](C)=[Zr+2].[Cl-].[Cl-]. The van der Waals surface area contributed by atoms with E-state index < -0.39 is 0 Å². The fraction of sp³-hybridized carbons (Fsp3) is 0.318. The number of allylic oxidation sites excluding steroid dienone is 11. The van der Waals surface area contributed by atoms with E-state index in [-0.39, 0.29) is 24.8 Å². The molecule has 0 aromatic carbocycles. The molecular formula is C22H25Cl2NSZr-2. The van der Waals surface area contributed by atoms with Gasteiger partial charge < -0.3 is 29.7 Å². The molecule has 4 rings (SSSR count). The van der Waals surface area contributed by atoms with Crippen LogP contribution in [0.3, 0.4) is 0 Å². The van der Waals surface area contributed by atoms with Crippen LogP contribution in [0.15, 0.2) is 69.5 Å². The molecule has 27 heavy (non-hydrogen) atoms. The van der Waals surface area contributed by atoms with Gasteiger partial charge in [-0.15, -0.1) is 23.3 Å². The first kappa shape index (κ1) is 26.7. The maximum absolute atomic E-state index is 3.38. The second kappa shape index (κ2) is 12.3. The van der Waals surface area contributed by atoms with Gasteiger partial charge in [0, 0.05) is 12.7 Å². The largest absolute Gasteiger partial charge is 1.00 e. The standard InChI is InChI=1S/C10H12N.C9H7S.C3H6.2ClH.Zr/c1-7-4-9-6-8(2)11(3)10(9)5-7;1-10-9-6-5-7-3-2-4-8(7)9;1-3-2;;;/h5-6,9H,1-3H3;2-3,5-6H,1H3;1-2H3;2*1H;/q2*-1;;;;+2/p-2. The van der Waals surface area contributed by atoms with Crippen LogP contribution in [0.4, 0.5) is 0 Å². The van der Waals surface area contributed by atoms with Gasteiger partial charge in [0.2, 0.25) is 0 Å². The van der Waals surface area contributed by atoms with Gasteiger partial charge in [-0.1, -0.05) is 35.6 Å². The summed E-state index contributed by atoms with van der Waals surface area (Å²) >= 11 is 3.33. The molecule has 0 amide bonds. The van der Waals surface area contributed by atoms with Crippen molar-refractivity contribution in [2.75, 3.05) is 13.3 Å². The molecule has 0 spiro atoms. The van der Waals surface area contributed by atoms with E-state index in [2.05, 4.69) is 88.4 Å². The molecule has 1 nitrogen and oxygen atoms in total. The van der Waals surface area contributed by atoms with E-state index in [1.165, 1.54) is 36.2 Å². The van der Waals surface area contributed by atoms with Crippen molar-refractivity contribution in [1.82, 2.24) is 4.90 Å². The van der Waals surface area contributed by atoms with Gasteiger partial charge in [0.15, 0.2) is 0 Å². The van der Waals surface area contributed by atoms with Crippen LogP contribution >= 0.6 is 11.8 Å². The minimum atomic E-state index is 0. The van der Waals surface area contributed by atoms with Crippen LogP contribution < -0.4 is 24.8 Å². The molecule has 1 atom stereocenters. The first-order valence-electron chi connectivity index (χ1n) is 8.35. The Morgan fingerprint density at radius 2 is 1.81 bits per heavy atom. The van der Waals surface area contributed by atoms with Gasteiger partial charge in [0.25, 0.3) is 0 Å². The molecule has 1 heterocycles. The van der Waals surface area contributed by atoms with Crippen molar-refractivity contribution in [3.05, 3.63) is 81.6 Å². The van der Waals surface area contributed by atoms with Crippen LogP contribution in [0.1, 0.15) is 27.7 Å². The Labute approximate surface area is 196 Å². The van der Waals surface area contributed by atoms with Crippen LogP contribution in [-0.2, 0) is 24.2 Å². The molecule has 0 fully saturated rings. The zero-order chi connectivity index (χ0) is 18.6.